The lowest BCUT2D eigenvalue weighted by Crippen LogP contribution is -2.39. The van der Waals surface area contributed by atoms with Crippen LogP contribution in [0.2, 0.25) is 0 Å². The van der Waals surface area contributed by atoms with Gasteiger partial charge in [-0.2, -0.15) is 5.10 Å². The molecule has 31 heavy (non-hydrogen) atoms. The van der Waals surface area contributed by atoms with E-state index in [1.165, 1.54) is 0 Å². The molecule has 3 aromatic rings. The van der Waals surface area contributed by atoms with Crippen LogP contribution >= 0.6 is 0 Å². The zero-order chi connectivity index (χ0) is 21.7. The van der Waals surface area contributed by atoms with Crippen LogP contribution in [-0.4, -0.2) is 41.3 Å². The average Bonchev–Trinajstić information content (AvgIpc) is 3.29. The first-order valence-corrected chi connectivity index (χ1v) is 10.3. The van der Waals surface area contributed by atoms with E-state index in [1.54, 1.807) is 23.1 Å². The number of hydrogen-bond donors (Lipinski definition) is 3. The molecule has 0 spiro atoms. The molecule has 0 saturated heterocycles. The second-order valence-corrected chi connectivity index (χ2v) is 6.74. The van der Waals surface area contributed by atoms with E-state index in [0.717, 1.165) is 23.5 Å². The van der Waals surface area contributed by atoms with E-state index < -0.39 is 0 Å². The molecular weight excluding hydrogens is 392 g/mol. The zero-order valence-electron chi connectivity index (χ0n) is 17.6. The maximum absolute atomic E-state index is 12.2. The van der Waals surface area contributed by atoms with E-state index in [4.69, 9.17) is 4.74 Å². The monoisotopic (exact) mass is 420 g/mol. The Labute approximate surface area is 182 Å². The maximum Gasteiger partial charge on any atom is 0.246 e. The van der Waals surface area contributed by atoms with E-state index in [0.29, 0.717) is 25.7 Å². The van der Waals surface area contributed by atoms with Crippen molar-refractivity contribution in [3.05, 3.63) is 78.6 Å². The number of hydrogen-bond acceptors (Lipinski definition) is 4. The van der Waals surface area contributed by atoms with Crippen LogP contribution < -0.4 is 20.7 Å². The number of aromatic nitrogens is 2. The highest BCUT2D eigenvalue weighted by molar-refractivity contribution is 5.90. The predicted molar refractivity (Wildman–Crippen MR) is 122 cm³/mol. The average molecular weight is 421 g/mol. The van der Waals surface area contributed by atoms with Crippen LogP contribution in [0.5, 0.6) is 5.75 Å². The fourth-order valence-corrected chi connectivity index (χ4v) is 2.86. The summed E-state index contributed by atoms with van der Waals surface area (Å²) in [5.74, 6) is 1.43. The summed E-state index contributed by atoms with van der Waals surface area (Å²) in [4.78, 5) is 16.8. The van der Waals surface area contributed by atoms with Crippen molar-refractivity contribution in [3.63, 3.8) is 0 Å². The van der Waals surface area contributed by atoms with Crippen molar-refractivity contribution in [2.45, 2.75) is 20.0 Å². The number of guanidine groups is 1. The maximum atomic E-state index is 12.2. The van der Waals surface area contributed by atoms with E-state index in [9.17, 15) is 4.79 Å². The van der Waals surface area contributed by atoms with E-state index in [1.807, 2.05) is 61.5 Å². The van der Waals surface area contributed by atoms with Crippen molar-refractivity contribution in [2.24, 2.45) is 4.99 Å². The minimum Gasteiger partial charge on any atom is -0.492 e. The molecule has 8 nitrogen and oxygen atoms in total. The summed E-state index contributed by atoms with van der Waals surface area (Å²) in [7, 11) is 0. The van der Waals surface area contributed by atoms with Gasteiger partial charge < -0.3 is 20.7 Å². The highest BCUT2D eigenvalue weighted by atomic mass is 16.5. The number of carbonyl (C=O) groups excluding carboxylic acids is 1. The molecule has 1 aromatic heterocycles. The number of benzene rings is 2. The SMILES string of the molecule is CCNC(=NCc1cccc(NC(=O)Cn2cccn2)c1)NCCOc1ccccc1. The van der Waals surface area contributed by atoms with Gasteiger partial charge in [0.2, 0.25) is 5.91 Å². The zero-order valence-corrected chi connectivity index (χ0v) is 17.6. The second-order valence-electron chi connectivity index (χ2n) is 6.74. The molecule has 0 saturated carbocycles. The fourth-order valence-electron chi connectivity index (χ4n) is 2.86. The number of ether oxygens (including phenoxy) is 1. The van der Waals surface area contributed by atoms with Crippen molar-refractivity contribution in [1.82, 2.24) is 20.4 Å². The lowest BCUT2D eigenvalue weighted by atomic mass is 10.2. The molecule has 3 N–H and O–H groups in total. The van der Waals surface area contributed by atoms with E-state index in [2.05, 4.69) is 26.0 Å². The number of amides is 1. The minimum absolute atomic E-state index is 0.127. The summed E-state index contributed by atoms with van der Waals surface area (Å²) in [5, 5.41) is 13.4. The van der Waals surface area contributed by atoms with Gasteiger partial charge in [0.25, 0.3) is 0 Å². The van der Waals surface area contributed by atoms with Crippen molar-refractivity contribution >= 4 is 17.6 Å². The number of para-hydroxylation sites is 1. The number of anilines is 1. The van der Waals surface area contributed by atoms with Crippen molar-refractivity contribution in [3.8, 4) is 5.75 Å². The number of aliphatic imine (C=N–C) groups is 1. The molecule has 3 rings (SSSR count). The summed E-state index contributed by atoms with van der Waals surface area (Å²) in [6.45, 7) is 4.60. The van der Waals surface area contributed by atoms with Gasteiger partial charge >= 0.3 is 0 Å². The minimum atomic E-state index is -0.127. The number of nitrogens with one attached hydrogen (secondary N) is 3. The predicted octanol–water partition coefficient (Wildman–Crippen LogP) is 2.66. The van der Waals surface area contributed by atoms with Crippen LogP contribution in [0.25, 0.3) is 0 Å². The molecule has 2 aromatic carbocycles. The van der Waals surface area contributed by atoms with Gasteiger partial charge in [-0.25, -0.2) is 4.99 Å². The third kappa shape index (κ3) is 7.85. The molecule has 0 aliphatic rings. The number of carbonyl (C=O) groups is 1. The molecule has 1 amide bonds. The molecule has 0 aliphatic carbocycles. The molecule has 162 valence electrons. The molecular formula is C23H28N6O2. The first-order chi connectivity index (χ1) is 15.2. The number of rotatable bonds is 10. The summed E-state index contributed by atoms with van der Waals surface area (Å²) in [6.07, 6.45) is 3.40. The van der Waals surface area contributed by atoms with Gasteiger partial charge in [-0.05, 0) is 42.8 Å². The van der Waals surface area contributed by atoms with Gasteiger partial charge in [0.1, 0.15) is 18.9 Å². The molecule has 0 radical (unpaired) electrons. The van der Waals surface area contributed by atoms with Crippen LogP contribution in [0.4, 0.5) is 5.69 Å². The smallest absolute Gasteiger partial charge is 0.246 e. The topological polar surface area (TPSA) is 92.6 Å². The normalized spacial score (nSPS) is 11.1. The Morgan fingerprint density at radius 2 is 1.97 bits per heavy atom. The molecule has 1 heterocycles. The van der Waals surface area contributed by atoms with E-state index in [-0.39, 0.29) is 12.5 Å². The van der Waals surface area contributed by atoms with Crippen molar-refractivity contribution < 1.29 is 9.53 Å². The molecule has 0 atom stereocenters. The lowest BCUT2D eigenvalue weighted by Gasteiger charge is -2.12. The van der Waals surface area contributed by atoms with Crippen LogP contribution in [0.3, 0.4) is 0 Å². The Morgan fingerprint density at radius 1 is 1.10 bits per heavy atom. The summed E-state index contributed by atoms with van der Waals surface area (Å²) in [5.41, 5.74) is 1.73. The lowest BCUT2D eigenvalue weighted by molar-refractivity contribution is -0.116. The Morgan fingerprint density at radius 3 is 2.74 bits per heavy atom. The largest absolute Gasteiger partial charge is 0.492 e. The molecule has 0 aliphatic heterocycles. The standard InChI is InChI=1S/C23H28N6O2/c1-2-24-23(25-13-15-31-21-10-4-3-5-11-21)26-17-19-8-6-9-20(16-19)28-22(30)18-29-14-7-12-27-29/h3-12,14,16H,2,13,15,17-18H2,1H3,(H,28,30)(H2,24,25,26). The highest BCUT2D eigenvalue weighted by Gasteiger charge is 2.05. The van der Waals surface area contributed by atoms with Gasteiger partial charge in [-0.1, -0.05) is 30.3 Å². The third-order valence-electron chi connectivity index (χ3n) is 4.25. The van der Waals surface area contributed by atoms with Crippen LogP contribution in [0.15, 0.2) is 78.0 Å². The Balaban J connectivity index is 1.49. The van der Waals surface area contributed by atoms with Crippen LogP contribution in [-0.2, 0) is 17.9 Å². The molecule has 8 heteroatoms. The second kappa shape index (κ2) is 12.0. The van der Waals surface area contributed by atoms with Crippen LogP contribution in [0.1, 0.15) is 12.5 Å². The van der Waals surface area contributed by atoms with E-state index >= 15 is 0 Å². The first-order valence-electron chi connectivity index (χ1n) is 10.3. The summed E-state index contributed by atoms with van der Waals surface area (Å²) < 4.78 is 7.28. The van der Waals surface area contributed by atoms with Crippen molar-refractivity contribution in [2.75, 3.05) is 25.0 Å². The third-order valence-corrected chi connectivity index (χ3v) is 4.25. The number of nitrogens with zero attached hydrogens (tertiary/aromatic N) is 3. The molecule has 0 bridgehead atoms. The van der Waals surface area contributed by atoms with Gasteiger partial charge in [0.15, 0.2) is 5.96 Å². The fraction of sp³-hybridized carbons (Fsp3) is 0.261. The van der Waals surface area contributed by atoms with Gasteiger partial charge in [-0.3, -0.25) is 9.48 Å². The van der Waals surface area contributed by atoms with Crippen molar-refractivity contribution in [1.29, 1.82) is 0 Å². The molecule has 0 fully saturated rings. The van der Waals surface area contributed by atoms with Crippen LogP contribution in [0, 0.1) is 0 Å². The Kier molecular flexibility index (Phi) is 8.48. The first kappa shape index (κ1) is 21.9. The summed E-state index contributed by atoms with van der Waals surface area (Å²) >= 11 is 0. The van der Waals surface area contributed by atoms with Gasteiger partial charge in [0.05, 0.1) is 13.1 Å². The Bertz CT molecular complexity index is 957. The summed E-state index contributed by atoms with van der Waals surface area (Å²) in [6, 6.07) is 19.2. The quantitative estimate of drug-likeness (QED) is 0.266. The molecule has 0 unspecified atom stereocenters. The van der Waals surface area contributed by atoms with Gasteiger partial charge in [-0.15, -0.1) is 0 Å². The highest BCUT2D eigenvalue weighted by Crippen LogP contribution is 2.12. The van der Waals surface area contributed by atoms with Gasteiger partial charge in [0, 0.05) is 24.6 Å². The Hall–Kier alpha value is -3.81.